The number of carbonyl (C=O) groups excluding carboxylic acids is 1. The van der Waals surface area contributed by atoms with E-state index in [9.17, 15) is 4.79 Å². The van der Waals surface area contributed by atoms with E-state index >= 15 is 0 Å². The third-order valence-corrected chi connectivity index (χ3v) is 5.55. The van der Waals surface area contributed by atoms with Crippen LogP contribution in [0.1, 0.15) is 51.1 Å². The Bertz CT molecular complexity index is 941. The zero-order valence-electron chi connectivity index (χ0n) is 16.0. The summed E-state index contributed by atoms with van der Waals surface area (Å²) >= 11 is 0. The van der Waals surface area contributed by atoms with Crippen molar-refractivity contribution in [1.29, 1.82) is 0 Å². The van der Waals surface area contributed by atoms with Crippen LogP contribution in [-0.4, -0.2) is 17.4 Å². The minimum atomic E-state index is -0.0334. The molecule has 0 radical (unpaired) electrons. The monoisotopic (exact) mass is 355 g/mol. The minimum absolute atomic E-state index is 0.0334. The van der Waals surface area contributed by atoms with E-state index in [-0.39, 0.29) is 11.9 Å². The van der Waals surface area contributed by atoms with Crippen molar-refractivity contribution in [2.24, 2.45) is 0 Å². The Morgan fingerprint density at radius 3 is 2.37 bits per heavy atom. The van der Waals surface area contributed by atoms with E-state index in [1.807, 2.05) is 17.0 Å². The lowest BCUT2D eigenvalue weighted by Gasteiger charge is -2.38. The van der Waals surface area contributed by atoms with Crippen LogP contribution in [-0.2, 0) is 12.8 Å². The Morgan fingerprint density at radius 2 is 1.67 bits per heavy atom. The smallest absolute Gasteiger partial charge is 0.254 e. The molecule has 0 aliphatic carbocycles. The lowest BCUT2D eigenvalue weighted by Crippen LogP contribution is -2.40. The van der Waals surface area contributed by atoms with E-state index in [2.05, 4.69) is 74.5 Å². The van der Waals surface area contributed by atoms with Gasteiger partial charge in [0.15, 0.2) is 0 Å². The lowest BCUT2D eigenvalue weighted by atomic mass is 9.87. The molecule has 1 unspecified atom stereocenters. The lowest BCUT2D eigenvalue weighted by molar-refractivity contribution is 0.0694. The standard InChI is InChI=1S/C25H25NO/c1-3-19-10-14-22(15-11-19)25(27)26-17-16-20-6-4-5-7-23(20)24(26)21-12-8-18(2)9-13-21/h4-15,24H,3,16-17H2,1-2H3. The number of rotatable bonds is 3. The van der Waals surface area contributed by atoms with E-state index < -0.39 is 0 Å². The first-order valence-electron chi connectivity index (χ1n) is 9.71. The maximum atomic E-state index is 13.4. The van der Waals surface area contributed by atoms with Crippen molar-refractivity contribution in [3.05, 3.63) is 106 Å². The summed E-state index contributed by atoms with van der Waals surface area (Å²) in [6.07, 6.45) is 1.88. The fraction of sp³-hybridized carbons (Fsp3) is 0.240. The number of fused-ring (bicyclic) bond motifs is 1. The zero-order chi connectivity index (χ0) is 18.8. The molecule has 0 fully saturated rings. The van der Waals surface area contributed by atoms with Gasteiger partial charge in [-0.15, -0.1) is 0 Å². The Hall–Kier alpha value is -2.87. The molecule has 1 aliphatic heterocycles. The molecule has 0 N–H and O–H groups in total. The summed E-state index contributed by atoms with van der Waals surface area (Å²) < 4.78 is 0. The molecule has 3 aromatic carbocycles. The van der Waals surface area contributed by atoms with Crippen molar-refractivity contribution in [3.63, 3.8) is 0 Å². The summed E-state index contributed by atoms with van der Waals surface area (Å²) in [7, 11) is 0. The normalized spacial score (nSPS) is 16.1. The molecule has 2 heteroatoms. The zero-order valence-corrected chi connectivity index (χ0v) is 16.0. The number of hydrogen-bond acceptors (Lipinski definition) is 1. The van der Waals surface area contributed by atoms with E-state index in [1.54, 1.807) is 0 Å². The van der Waals surface area contributed by atoms with E-state index in [4.69, 9.17) is 0 Å². The van der Waals surface area contributed by atoms with Gasteiger partial charge in [0, 0.05) is 12.1 Å². The highest BCUT2D eigenvalue weighted by atomic mass is 16.2. The van der Waals surface area contributed by atoms with Crippen LogP contribution in [0.5, 0.6) is 0 Å². The molecule has 0 saturated heterocycles. The van der Waals surface area contributed by atoms with Crippen LogP contribution in [0, 0.1) is 6.92 Å². The van der Waals surface area contributed by atoms with E-state index in [0.717, 1.165) is 24.9 Å². The topological polar surface area (TPSA) is 20.3 Å². The van der Waals surface area contributed by atoms with Crippen LogP contribution >= 0.6 is 0 Å². The highest BCUT2D eigenvalue weighted by molar-refractivity contribution is 5.95. The van der Waals surface area contributed by atoms with Gasteiger partial charge < -0.3 is 4.90 Å². The van der Waals surface area contributed by atoms with Crippen molar-refractivity contribution in [1.82, 2.24) is 4.90 Å². The summed E-state index contributed by atoms with van der Waals surface area (Å²) in [4.78, 5) is 15.4. The van der Waals surface area contributed by atoms with Crippen LogP contribution < -0.4 is 0 Å². The first-order chi connectivity index (χ1) is 13.2. The molecule has 0 aromatic heterocycles. The Balaban J connectivity index is 1.75. The van der Waals surface area contributed by atoms with Crippen LogP contribution in [0.3, 0.4) is 0 Å². The van der Waals surface area contributed by atoms with Gasteiger partial charge in [0.25, 0.3) is 5.91 Å². The van der Waals surface area contributed by atoms with Crippen LogP contribution in [0.15, 0.2) is 72.8 Å². The highest BCUT2D eigenvalue weighted by Crippen LogP contribution is 2.36. The van der Waals surface area contributed by atoms with Gasteiger partial charge in [0.05, 0.1) is 6.04 Å². The minimum Gasteiger partial charge on any atom is -0.327 e. The van der Waals surface area contributed by atoms with Crippen molar-refractivity contribution >= 4 is 5.91 Å². The van der Waals surface area contributed by atoms with Gasteiger partial charge in [0.1, 0.15) is 0 Å². The molecular weight excluding hydrogens is 330 g/mol. The molecule has 1 amide bonds. The van der Waals surface area contributed by atoms with Crippen molar-refractivity contribution in [3.8, 4) is 0 Å². The predicted molar refractivity (Wildman–Crippen MR) is 110 cm³/mol. The Kier molecular flexibility index (Phi) is 4.81. The number of carbonyl (C=O) groups is 1. The number of amides is 1. The second-order valence-electron chi connectivity index (χ2n) is 7.31. The number of aryl methyl sites for hydroxylation is 2. The van der Waals surface area contributed by atoms with E-state index in [1.165, 1.54) is 27.8 Å². The van der Waals surface area contributed by atoms with Gasteiger partial charge in [0.2, 0.25) is 0 Å². The second kappa shape index (κ2) is 7.40. The first-order valence-corrected chi connectivity index (χ1v) is 9.71. The van der Waals surface area contributed by atoms with Gasteiger partial charge in [-0.05, 0) is 54.2 Å². The molecule has 136 valence electrons. The first kappa shape index (κ1) is 17.5. The largest absolute Gasteiger partial charge is 0.327 e. The van der Waals surface area contributed by atoms with Gasteiger partial charge in [-0.25, -0.2) is 0 Å². The van der Waals surface area contributed by atoms with Crippen molar-refractivity contribution in [2.45, 2.75) is 32.7 Å². The van der Waals surface area contributed by atoms with Crippen LogP contribution in [0.2, 0.25) is 0 Å². The summed E-state index contributed by atoms with van der Waals surface area (Å²) in [5, 5.41) is 0. The highest BCUT2D eigenvalue weighted by Gasteiger charge is 2.32. The molecule has 0 saturated carbocycles. The SMILES string of the molecule is CCc1ccc(C(=O)N2CCc3ccccc3C2c2ccc(C)cc2)cc1. The summed E-state index contributed by atoms with van der Waals surface area (Å²) in [5.41, 5.74) is 7.01. The number of nitrogens with zero attached hydrogens (tertiary/aromatic N) is 1. The molecule has 3 aromatic rings. The summed E-state index contributed by atoms with van der Waals surface area (Å²) in [5.74, 6) is 0.109. The average molecular weight is 355 g/mol. The fourth-order valence-electron chi connectivity index (χ4n) is 3.94. The third-order valence-electron chi connectivity index (χ3n) is 5.55. The second-order valence-corrected chi connectivity index (χ2v) is 7.31. The molecule has 4 rings (SSSR count). The summed E-state index contributed by atoms with van der Waals surface area (Å²) in [6, 6.07) is 25.1. The van der Waals surface area contributed by atoms with Crippen molar-refractivity contribution < 1.29 is 4.79 Å². The average Bonchev–Trinajstić information content (AvgIpc) is 2.73. The van der Waals surface area contributed by atoms with Crippen LogP contribution in [0.25, 0.3) is 0 Å². The fourth-order valence-corrected chi connectivity index (χ4v) is 3.94. The summed E-state index contributed by atoms with van der Waals surface area (Å²) in [6.45, 7) is 4.96. The van der Waals surface area contributed by atoms with Gasteiger partial charge in [-0.2, -0.15) is 0 Å². The van der Waals surface area contributed by atoms with E-state index in [0.29, 0.717) is 0 Å². The van der Waals surface area contributed by atoms with Gasteiger partial charge in [-0.1, -0.05) is 73.2 Å². The molecule has 1 atom stereocenters. The molecular formula is C25H25NO. The number of benzene rings is 3. The molecule has 0 bridgehead atoms. The maximum absolute atomic E-state index is 13.4. The third kappa shape index (κ3) is 3.40. The van der Waals surface area contributed by atoms with Crippen molar-refractivity contribution in [2.75, 3.05) is 6.54 Å². The maximum Gasteiger partial charge on any atom is 0.254 e. The molecule has 0 spiro atoms. The van der Waals surface area contributed by atoms with Gasteiger partial charge in [-0.3, -0.25) is 4.79 Å². The molecule has 1 aliphatic rings. The Morgan fingerprint density at radius 1 is 0.963 bits per heavy atom. The van der Waals surface area contributed by atoms with Gasteiger partial charge >= 0.3 is 0 Å². The number of hydrogen-bond donors (Lipinski definition) is 0. The molecule has 27 heavy (non-hydrogen) atoms. The quantitative estimate of drug-likeness (QED) is 0.620. The van der Waals surface area contributed by atoms with Crippen LogP contribution in [0.4, 0.5) is 0 Å². The Labute approximate surface area is 161 Å². The molecule has 1 heterocycles. The predicted octanol–water partition coefficient (Wildman–Crippen LogP) is 5.35. The molecule has 2 nitrogen and oxygen atoms in total.